The molecule has 0 spiro atoms. The Balaban J connectivity index is 1.30. The van der Waals surface area contributed by atoms with Crippen LogP contribution in [0.5, 0.6) is 11.5 Å². The molecule has 2 aromatic carbocycles. The largest absolute Gasteiger partial charge is 0.457 e. The number of carbonyl (C=O) groups is 2. The number of nitrogens with zero attached hydrogens (tertiary/aromatic N) is 2. The zero-order valence-corrected chi connectivity index (χ0v) is 20.7. The van der Waals surface area contributed by atoms with Gasteiger partial charge in [0.2, 0.25) is 5.91 Å². The van der Waals surface area contributed by atoms with Crippen LogP contribution in [0.4, 0.5) is 5.82 Å². The van der Waals surface area contributed by atoms with Gasteiger partial charge in [0.1, 0.15) is 29.3 Å². The molecule has 0 saturated carbocycles. The van der Waals surface area contributed by atoms with Crippen molar-refractivity contribution in [3.63, 3.8) is 0 Å². The van der Waals surface area contributed by atoms with Gasteiger partial charge in [0.15, 0.2) is 5.78 Å². The predicted molar refractivity (Wildman–Crippen MR) is 140 cm³/mol. The number of aromatic nitrogens is 3. The van der Waals surface area contributed by atoms with Crippen molar-refractivity contribution in [3.8, 4) is 11.5 Å². The average molecular weight is 500 g/mol. The number of hydrogen-bond acceptors (Lipinski definition) is 7. The van der Waals surface area contributed by atoms with Gasteiger partial charge < -0.3 is 25.1 Å². The van der Waals surface area contributed by atoms with Gasteiger partial charge in [-0.15, -0.1) is 0 Å². The first-order valence-corrected chi connectivity index (χ1v) is 12.3. The molecule has 0 radical (unpaired) electrons. The Bertz CT molecular complexity index is 1380. The lowest BCUT2D eigenvalue weighted by molar-refractivity contribution is -0.121. The van der Waals surface area contributed by atoms with Gasteiger partial charge in [0, 0.05) is 18.7 Å². The van der Waals surface area contributed by atoms with Gasteiger partial charge in [-0.25, -0.2) is 9.97 Å². The Morgan fingerprint density at radius 1 is 1.05 bits per heavy atom. The van der Waals surface area contributed by atoms with Crippen molar-refractivity contribution >= 4 is 28.5 Å². The molecule has 3 N–H and O–H groups in total. The summed E-state index contributed by atoms with van der Waals surface area (Å²) in [6.07, 6.45) is 4.74. The lowest BCUT2D eigenvalue weighted by Crippen LogP contribution is -2.46. The van der Waals surface area contributed by atoms with E-state index in [9.17, 15) is 9.59 Å². The Labute approximate surface area is 214 Å². The van der Waals surface area contributed by atoms with Crippen LogP contribution in [0.25, 0.3) is 11.0 Å². The molecule has 2 aromatic heterocycles. The molecule has 3 heterocycles. The first kappa shape index (κ1) is 24.5. The number of anilines is 1. The molecule has 1 aliphatic rings. The monoisotopic (exact) mass is 499 g/mol. The van der Waals surface area contributed by atoms with E-state index in [1.807, 2.05) is 37.3 Å². The summed E-state index contributed by atoms with van der Waals surface area (Å²) in [5, 5.41) is 6.98. The summed E-state index contributed by atoms with van der Waals surface area (Å²) in [6.45, 7) is 3.93. The third-order valence-corrected chi connectivity index (χ3v) is 6.45. The van der Waals surface area contributed by atoms with Crippen LogP contribution in [0.2, 0.25) is 0 Å². The third-order valence-electron chi connectivity index (χ3n) is 6.45. The number of nitrogens with one attached hydrogen (secondary N) is 3. The van der Waals surface area contributed by atoms with E-state index in [2.05, 4.69) is 25.6 Å². The summed E-state index contributed by atoms with van der Waals surface area (Å²) < 4.78 is 11.9. The van der Waals surface area contributed by atoms with E-state index in [-0.39, 0.29) is 29.9 Å². The van der Waals surface area contributed by atoms with E-state index < -0.39 is 0 Å². The number of hydrogen-bond donors (Lipinski definition) is 3. The summed E-state index contributed by atoms with van der Waals surface area (Å²) >= 11 is 0. The smallest absolute Gasteiger partial charge is 0.217 e. The molecule has 5 rings (SSSR count). The van der Waals surface area contributed by atoms with Gasteiger partial charge >= 0.3 is 0 Å². The summed E-state index contributed by atoms with van der Waals surface area (Å²) in [4.78, 5) is 36.6. The number of aromatic amines is 1. The fraction of sp³-hybridized carbons (Fsp3) is 0.286. The maximum absolute atomic E-state index is 13.4. The average Bonchev–Trinajstić information content (AvgIpc) is 3.35. The van der Waals surface area contributed by atoms with E-state index in [1.54, 1.807) is 30.5 Å². The number of H-pyrrole nitrogens is 1. The molecule has 1 fully saturated rings. The van der Waals surface area contributed by atoms with Crippen molar-refractivity contribution in [1.29, 1.82) is 0 Å². The molecule has 9 heteroatoms. The first-order valence-electron chi connectivity index (χ1n) is 12.3. The zero-order valence-electron chi connectivity index (χ0n) is 20.7. The summed E-state index contributed by atoms with van der Waals surface area (Å²) in [5.41, 5.74) is 1.61. The molecular formula is C28H29N5O4. The van der Waals surface area contributed by atoms with Gasteiger partial charge in [0.25, 0.3) is 0 Å². The fourth-order valence-electron chi connectivity index (χ4n) is 4.59. The van der Waals surface area contributed by atoms with Crippen LogP contribution in [-0.4, -0.2) is 51.4 Å². The maximum atomic E-state index is 13.4. The third kappa shape index (κ3) is 5.62. The van der Waals surface area contributed by atoms with Crippen molar-refractivity contribution in [3.05, 3.63) is 78.2 Å². The number of amides is 1. The van der Waals surface area contributed by atoms with Crippen LogP contribution >= 0.6 is 0 Å². The molecule has 4 aromatic rings. The number of ketones is 1. The maximum Gasteiger partial charge on any atom is 0.217 e. The van der Waals surface area contributed by atoms with Crippen LogP contribution in [0.1, 0.15) is 42.6 Å². The van der Waals surface area contributed by atoms with Crippen LogP contribution in [0.3, 0.4) is 0 Å². The van der Waals surface area contributed by atoms with Crippen LogP contribution in [0.15, 0.2) is 67.1 Å². The number of ether oxygens (including phenoxy) is 2. The Kier molecular flexibility index (Phi) is 7.14. The van der Waals surface area contributed by atoms with Gasteiger partial charge in [-0.1, -0.05) is 18.2 Å². The SMILES string of the molecule is CC(=O)NC(C)[C@@H]1CC[C@@H](Nc2ncnc3[nH]cc(C(=O)c4ccc(Oc5ccccc5)cc4)c23)CO1. The number of para-hydroxylation sites is 1. The molecule has 1 amide bonds. The summed E-state index contributed by atoms with van der Waals surface area (Å²) in [7, 11) is 0. The molecule has 0 bridgehead atoms. The highest BCUT2D eigenvalue weighted by Crippen LogP contribution is 2.29. The Morgan fingerprint density at radius 2 is 1.81 bits per heavy atom. The highest BCUT2D eigenvalue weighted by Gasteiger charge is 2.28. The Hall–Kier alpha value is -4.24. The van der Waals surface area contributed by atoms with Gasteiger partial charge in [0.05, 0.1) is 35.7 Å². The molecule has 3 atom stereocenters. The standard InChI is InChI=1S/C28H29N5O4/c1-17(32-18(2)34)24-13-10-20(15-36-24)33-28-25-23(14-29-27(25)30-16-31-28)26(35)19-8-11-22(12-9-19)37-21-6-4-3-5-7-21/h3-9,11-12,14,16-17,20,24H,10,13,15H2,1-2H3,(H,32,34)(H2,29,30,31,33)/t17?,20-,24+/m1/s1. The number of rotatable bonds is 8. The van der Waals surface area contributed by atoms with Crippen molar-refractivity contribution < 1.29 is 19.1 Å². The van der Waals surface area contributed by atoms with Gasteiger partial charge in [-0.2, -0.15) is 0 Å². The van der Waals surface area contributed by atoms with Gasteiger partial charge in [-0.05, 0) is 56.2 Å². The van der Waals surface area contributed by atoms with E-state index >= 15 is 0 Å². The predicted octanol–water partition coefficient (Wildman–Crippen LogP) is 4.47. The van der Waals surface area contributed by atoms with Gasteiger partial charge in [-0.3, -0.25) is 9.59 Å². The van der Waals surface area contributed by atoms with Crippen LogP contribution < -0.4 is 15.4 Å². The van der Waals surface area contributed by atoms with Crippen molar-refractivity contribution in [2.75, 3.05) is 11.9 Å². The highest BCUT2D eigenvalue weighted by molar-refractivity contribution is 6.18. The highest BCUT2D eigenvalue weighted by atomic mass is 16.5. The molecule has 0 aliphatic carbocycles. The quantitative estimate of drug-likeness (QED) is 0.306. The zero-order chi connectivity index (χ0) is 25.8. The molecule has 1 saturated heterocycles. The minimum atomic E-state index is -0.139. The lowest BCUT2D eigenvalue weighted by Gasteiger charge is -2.33. The fourth-order valence-corrected chi connectivity index (χ4v) is 4.59. The number of benzene rings is 2. The topological polar surface area (TPSA) is 118 Å². The van der Waals surface area contributed by atoms with Crippen molar-refractivity contribution in [2.24, 2.45) is 0 Å². The second kappa shape index (κ2) is 10.8. The normalized spacial score (nSPS) is 18.2. The Morgan fingerprint density at radius 3 is 2.51 bits per heavy atom. The van der Waals surface area contributed by atoms with Crippen LogP contribution in [0, 0.1) is 0 Å². The molecule has 37 heavy (non-hydrogen) atoms. The minimum Gasteiger partial charge on any atom is -0.457 e. The van der Waals surface area contributed by atoms with Crippen molar-refractivity contribution in [1.82, 2.24) is 20.3 Å². The number of fused-ring (bicyclic) bond motifs is 1. The minimum absolute atomic E-state index is 0.0196. The van der Waals surface area contributed by atoms with E-state index in [0.29, 0.717) is 40.3 Å². The molecular weight excluding hydrogens is 470 g/mol. The second-order valence-corrected chi connectivity index (χ2v) is 9.20. The molecule has 1 aliphatic heterocycles. The van der Waals surface area contributed by atoms with E-state index in [4.69, 9.17) is 9.47 Å². The molecule has 1 unspecified atom stereocenters. The lowest BCUT2D eigenvalue weighted by atomic mass is 9.99. The molecule has 9 nitrogen and oxygen atoms in total. The molecule has 190 valence electrons. The number of carbonyl (C=O) groups excluding carboxylic acids is 2. The summed E-state index contributed by atoms with van der Waals surface area (Å²) in [5.74, 6) is 1.76. The summed E-state index contributed by atoms with van der Waals surface area (Å²) in [6, 6.07) is 16.5. The van der Waals surface area contributed by atoms with Crippen molar-refractivity contribution in [2.45, 2.75) is 44.9 Å². The van der Waals surface area contributed by atoms with E-state index in [1.165, 1.54) is 13.3 Å². The first-order chi connectivity index (χ1) is 18.0. The van der Waals surface area contributed by atoms with Crippen LogP contribution in [-0.2, 0) is 9.53 Å². The second-order valence-electron chi connectivity index (χ2n) is 9.20. The van der Waals surface area contributed by atoms with E-state index in [0.717, 1.165) is 18.6 Å².